The minimum Gasteiger partial charge on any atom is -0.456 e. The minimum absolute atomic E-state index is 0.102. The Balaban J connectivity index is 1.86. The highest BCUT2D eigenvalue weighted by Crippen LogP contribution is 2.48. The lowest BCUT2D eigenvalue weighted by Crippen LogP contribution is -1.98. The molecular formula is C22H13NO3. The Morgan fingerprint density at radius 1 is 0.654 bits per heavy atom. The van der Waals surface area contributed by atoms with E-state index in [2.05, 4.69) is 6.07 Å². The smallest absolute Gasteiger partial charge is 0.277 e. The number of nitro benzene ring substituents is 1. The number of benzene rings is 4. The standard InChI is InChI=1S/C22H13NO3/c24-23(25)19-10-3-1-6-15(19)14-12-13-21-22-17(14)8-5-9-18(22)16-7-2-4-11-20(16)26-21/h1-13H. The van der Waals surface area contributed by atoms with E-state index < -0.39 is 0 Å². The molecule has 4 nitrogen and oxygen atoms in total. The monoisotopic (exact) mass is 339 g/mol. The molecular weight excluding hydrogens is 326 g/mol. The second kappa shape index (κ2) is 5.43. The highest BCUT2D eigenvalue weighted by Gasteiger charge is 2.23. The lowest BCUT2D eigenvalue weighted by Gasteiger charge is -2.22. The lowest BCUT2D eigenvalue weighted by atomic mass is 9.90. The molecule has 4 heteroatoms. The van der Waals surface area contributed by atoms with Gasteiger partial charge in [0.1, 0.15) is 11.5 Å². The first-order valence-electron chi connectivity index (χ1n) is 8.31. The van der Waals surface area contributed by atoms with Gasteiger partial charge < -0.3 is 4.74 Å². The van der Waals surface area contributed by atoms with Crippen LogP contribution in [-0.4, -0.2) is 4.92 Å². The van der Waals surface area contributed by atoms with E-state index in [-0.39, 0.29) is 10.6 Å². The molecule has 4 aromatic carbocycles. The summed E-state index contributed by atoms with van der Waals surface area (Å²) >= 11 is 0. The van der Waals surface area contributed by atoms with E-state index >= 15 is 0 Å². The first-order valence-corrected chi connectivity index (χ1v) is 8.31. The van der Waals surface area contributed by atoms with Gasteiger partial charge in [-0.25, -0.2) is 0 Å². The van der Waals surface area contributed by atoms with Crippen molar-refractivity contribution < 1.29 is 9.66 Å². The Labute approximate surface area is 149 Å². The number of nitro groups is 1. The molecule has 1 aliphatic heterocycles. The number of hydrogen-bond acceptors (Lipinski definition) is 3. The Morgan fingerprint density at radius 2 is 1.38 bits per heavy atom. The Morgan fingerprint density at radius 3 is 2.23 bits per heavy atom. The molecule has 4 aromatic rings. The summed E-state index contributed by atoms with van der Waals surface area (Å²) in [6, 6.07) is 24.6. The van der Waals surface area contributed by atoms with Gasteiger partial charge in [0.05, 0.1) is 10.5 Å². The molecule has 5 rings (SSSR count). The van der Waals surface area contributed by atoms with Crippen LogP contribution in [0.4, 0.5) is 5.69 Å². The number of hydrogen-bond donors (Lipinski definition) is 0. The van der Waals surface area contributed by atoms with Crippen molar-refractivity contribution in [2.24, 2.45) is 0 Å². The van der Waals surface area contributed by atoms with Crippen LogP contribution in [0.2, 0.25) is 0 Å². The van der Waals surface area contributed by atoms with Crippen molar-refractivity contribution >= 4 is 16.5 Å². The maximum absolute atomic E-state index is 11.5. The Bertz CT molecular complexity index is 1200. The molecule has 0 unspecified atom stereocenters. The third kappa shape index (κ3) is 2.02. The van der Waals surface area contributed by atoms with Crippen molar-refractivity contribution in [2.45, 2.75) is 0 Å². The summed E-state index contributed by atoms with van der Waals surface area (Å²) in [5.41, 5.74) is 3.66. The molecule has 1 aliphatic rings. The van der Waals surface area contributed by atoms with Gasteiger partial charge in [0.25, 0.3) is 5.69 Å². The molecule has 0 amide bonds. The van der Waals surface area contributed by atoms with Gasteiger partial charge in [-0.1, -0.05) is 48.5 Å². The fourth-order valence-corrected chi connectivity index (χ4v) is 3.68. The van der Waals surface area contributed by atoms with E-state index in [4.69, 9.17) is 4.74 Å². The first-order chi connectivity index (χ1) is 12.7. The van der Waals surface area contributed by atoms with E-state index in [9.17, 15) is 10.1 Å². The van der Waals surface area contributed by atoms with Crippen LogP contribution in [0.25, 0.3) is 33.0 Å². The van der Waals surface area contributed by atoms with Gasteiger partial charge in [-0.05, 0) is 40.8 Å². The number of nitrogens with zero attached hydrogens (tertiary/aromatic N) is 1. The predicted octanol–water partition coefficient (Wildman–Crippen LogP) is 6.19. The molecule has 0 spiro atoms. The SMILES string of the molecule is O=[N+]([O-])c1ccccc1-c1ccc2c3c(cccc13)-c1ccccc1O2. The molecule has 124 valence electrons. The Kier molecular flexibility index (Phi) is 3.06. The summed E-state index contributed by atoms with van der Waals surface area (Å²) < 4.78 is 6.08. The molecule has 0 saturated heterocycles. The van der Waals surface area contributed by atoms with Gasteiger partial charge in [-0.2, -0.15) is 0 Å². The van der Waals surface area contributed by atoms with Gasteiger partial charge in [0, 0.05) is 17.0 Å². The highest BCUT2D eigenvalue weighted by atomic mass is 16.6. The average molecular weight is 339 g/mol. The van der Waals surface area contributed by atoms with Gasteiger partial charge in [-0.3, -0.25) is 10.1 Å². The second-order valence-electron chi connectivity index (χ2n) is 6.21. The minimum atomic E-state index is -0.337. The van der Waals surface area contributed by atoms with Crippen LogP contribution in [0.5, 0.6) is 11.5 Å². The van der Waals surface area contributed by atoms with Crippen molar-refractivity contribution in [3.05, 3.63) is 89.0 Å². The van der Waals surface area contributed by atoms with Crippen molar-refractivity contribution in [3.8, 4) is 33.8 Å². The van der Waals surface area contributed by atoms with E-state index in [0.717, 1.165) is 39.0 Å². The van der Waals surface area contributed by atoms with Crippen molar-refractivity contribution in [1.29, 1.82) is 0 Å². The maximum atomic E-state index is 11.5. The molecule has 0 aliphatic carbocycles. The van der Waals surface area contributed by atoms with Crippen LogP contribution in [0.3, 0.4) is 0 Å². The molecule has 0 aromatic heterocycles. The molecule has 0 atom stereocenters. The summed E-state index contributed by atoms with van der Waals surface area (Å²) in [4.78, 5) is 11.1. The number of para-hydroxylation sites is 2. The number of ether oxygens (including phenoxy) is 1. The highest BCUT2D eigenvalue weighted by molar-refractivity contribution is 6.10. The zero-order valence-electron chi connectivity index (χ0n) is 13.7. The van der Waals surface area contributed by atoms with E-state index in [0.29, 0.717) is 5.56 Å². The topological polar surface area (TPSA) is 52.4 Å². The van der Waals surface area contributed by atoms with Crippen LogP contribution in [0, 0.1) is 10.1 Å². The zero-order chi connectivity index (χ0) is 17.7. The largest absolute Gasteiger partial charge is 0.456 e. The van der Waals surface area contributed by atoms with Gasteiger partial charge in [-0.15, -0.1) is 0 Å². The van der Waals surface area contributed by atoms with E-state index in [1.54, 1.807) is 12.1 Å². The van der Waals surface area contributed by atoms with Crippen LogP contribution in [-0.2, 0) is 0 Å². The summed E-state index contributed by atoms with van der Waals surface area (Å²) in [6.07, 6.45) is 0. The molecule has 0 N–H and O–H groups in total. The quantitative estimate of drug-likeness (QED) is 0.285. The van der Waals surface area contributed by atoms with Gasteiger partial charge in [0.2, 0.25) is 0 Å². The number of fused-ring (bicyclic) bond motifs is 2. The molecule has 0 saturated carbocycles. The van der Waals surface area contributed by atoms with Crippen LogP contribution < -0.4 is 4.74 Å². The summed E-state index contributed by atoms with van der Waals surface area (Å²) in [6.45, 7) is 0. The van der Waals surface area contributed by atoms with Crippen molar-refractivity contribution in [2.75, 3.05) is 0 Å². The van der Waals surface area contributed by atoms with Gasteiger partial charge >= 0.3 is 0 Å². The van der Waals surface area contributed by atoms with Crippen LogP contribution >= 0.6 is 0 Å². The second-order valence-corrected chi connectivity index (χ2v) is 6.21. The predicted molar refractivity (Wildman–Crippen MR) is 102 cm³/mol. The van der Waals surface area contributed by atoms with Crippen LogP contribution in [0.1, 0.15) is 0 Å². The molecule has 1 heterocycles. The lowest BCUT2D eigenvalue weighted by molar-refractivity contribution is -0.384. The fraction of sp³-hybridized carbons (Fsp3) is 0. The van der Waals surface area contributed by atoms with Crippen molar-refractivity contribution in [1.82, 2.24) is 0 Å². The number of rotatable bonds is 2. The molecule has 0 fully saturated rings. The third-order valence-corrected chi connectivity index (χ3v) is 4.79. The maximum Gasteiger partial charge on any atom is 0.277 e. The van der Waals surface area contributed by atoms with Gasteiger partial charge in [0.15, 0.2) is 0 Å². The summed E-state index contributed by atoms with van der Waals surface area (Å²) in [7, 11) is 0. The first kappa shape index (κ1) is 14.7. The molecule has 0 radical (unpaired) electrons. The normalized spacial score (nSPS) is 11.7. The Hall–Kier alpha value is -3.66. The summed E-state index contributed by atoms with van der Waals surface area (Å²) in [5.74, 6) is 1.60. The van der Waals surface area contributed by atoms with Crippen LogP contribution in [0.15, 0.2) is 78.9 Å². The van der Waals surface area contributed by atoms with Crippen molar-refractivity contribution in [3.63, 3.8) is 0 Å². The fourth-order valence-electron chi connectivity index (χ4n) is 3.68. The van der Waals surface area contributed by atoms with E-state index in [1.165, 1.54) is 6.07 Å². The third-order valence-electron chi connectivity index (χ3n) is 4.79. The van der Waals surface area contributed by atoms with E-state index in [1.807, 2.05) is 54.6 Å². The molecule has 0 bridgehead atoms. The zero-order valence-corrected chi connectivity index (χ0v) is 13.7. The summed E-state index contributed by atoms with van der Waals surface area (Å²) in [5, 5.41) is 13.4. The molecule has 26 heavy (non-hydrogen) atoms. The average Bonchev–Trinajstić information content (AvgIpc) is 2.68.